The van der Waals surface area contributed by atoms with Gasteiger partial charge in [0.05, 0.1) is 29.4 Å². The van der Waals surface area contributed by atoms with Crippen molar-refractivity contribution in [2.45, 2.75) is 35.2 Å². The standard InChI is InChI=1S/C21H22ClN5O2S/c1-21(23)7-9-27(10-8-21)17-12-25-18(13-24-17)30-16-6-2-4-14(19(16)22)26-20(28)15-5-3-11-29-15/h2-6,11-13H,7-10,23H2,1H3,(H,26,28). The molecule has 9 heteroatoms. The summed E-state index contributed by atoms with van der Waals surface area (Å²) in [6.45, 7) is 3.83. The molecular weight excluding hydrogens is 422 g/mol. The summed E-state index contributed by atoms with van der Waals surface area (Å²) in [6.07, 6.45) is 6.82. The smallest absolute Gasteiger partial charge is 0.291 e. The first-order valence-corrected chi connectivity index (χ1v) is 10.8. The molecule has 2 aromatic heterocycles. The fourth-order valence-corrected chi connectivity index (χ4v) is 4.23. The highest BCUT2D eigenvalue weighted by molar-refractivity contribution is 7.99. The minimum atomic E-state index is -0.358. The SMILES string of the molecule is CC1(N)CCN(c2cnc(Sc3cccc(NC(=O)c4ccco4)c3Cl)cn2)CC1. The molecule has 0 spiro atoms. The molecule has 3 aromatic rings. The van der Waals surface area contributed by atoms with Crippen molar-refractivity contribution in [2.75, 3.05) is 23.3 Å². The van der Waals surface area contributed by atoms with Crippen LogP contribution in [0.5, 0.6) is 0 Å². The summed E-state index contributed by atoms with van der Waals surface area (Å²) >= 11 is 7.90. The van der Waals surface area contributed by atoms with Crippen LogP contribution in [0, 0.1) is 0 Å². The third kappa shape index (κ3) is 4.77. The Hall–Kier alpha value is -2.55. The fraction of sp³-hybridized carbons (Fsp3) is 0.286. The molecule has 0 radical (unpaired) electrons. The second-order valence-electron chi connectivity index (χ2n) is 7.51. The predicted octanol–water partition coefficient (Wildman–Crippen LogP) is 4.44. The number of hydrogen-bond donors (Lipinski definition) is 2. The summed E-state index contributed by atoms with van der Waals surface area (Å²) in [5.74, 6) is 0.710. The minimum absolute atomic E-state index is 0.103. The van der Waals surface area contributed by atoms with E-state index in [1.165, 1.54) is 18.0 Å². The van der Waals surface area contributed by atoms with Gasteiger partial charge in [0, 0.05) is 23.5 Å². The molecule has 0 unspecified atom stereocenters. The van der Waals surface area contributed by atoms with Gasteiger partial charge in [-0.1, -0.05) is 29.4 Å². The Morgan fingerprint density at radius 3 is 2.70 bits per heavy atom. The lowest BCUT2D eigenvalue weighted by molar-refractivity contribution is 0.0996. The first-order chi connectivity index (χ1) is 14.4. The number of benzene rings is 1. The van der Waals surface area contributed by atoms with E-state index in [0.29, 0.717) is 10.7 Å². The van der Waals surface area contributed by atoms with Crippen LogP contribution in [0.4, 0.5) is 11.5 Å². The van der Waals surface area contributed by atoms with Crippen LogP contribution in [0.1, 0.15) is 30.3 Å². The highest BCUT2D eigenvalue weighted by Gasteiger charge is 2.26. The van der Waals surface area contributed by atoms with Crippen LogP contribution >= 0.6 is 23.4 Å². The summed E-state index contributed by atoms with van der Waals surface area (Å²) in [5.41, 5.74) is 6.60. The van der Waals surface area contributed by atoms with E-state index >= 15 is 0 Å². The molecule has 4 rings (SSSR count). The van der Waals surface area contributed by atoms with Gasteiger partial charge < -0.3 is 20.4 Å². The van der Waals surface area contributed by atoms with Gasteiger partial charge in [0.15, 0.2) is 5.76 Å². The maximum atomic E-state index is 12.2. The van der Waals surface area contributed by atoms with E-state index in [1.54, 1.807) is 30.6 Å². The van der Waals surface area contributed by atoms with Gasteiger partial charge in [-0.2, -0.15) is 0 Å². The lowest BCUT2D eigenvalue weighted by Gasteiger charge is -2.37. The Balaban J connectivity index is 1.43. The summed E-state index contributed by atoms with van der Waals surface area (Å²) < 4.78 is 5.12. The van der Waals surface area contributed by atoms with Gasteiger partial charge in [-0.3, -0.25) is 4.79 Å². The molecule has 1 aromatic carbocycles. The maximum Gasteiger partial charge on any atom is 0.291 e. The summed E-state index contributed by atoms with van der Waals surface area (Å²) in [5, 5.41) is 3.92. The summed E-state index contributed by atoms with van der Waals surface area (Å²) in [7, 11) is 0. The largest absolute Gasteiger partial charge is 0.459 e. The number of hydrogen-bond acceptors (Lipinski definition) is 7. The number of carbonyl (C=O) groups is 1. The van der Waals surface area contributed by atoms with Crippen molar-refractivity contribution in [3.8, 4) is 0 Å². The number of carbonyl (C=O) groups excluding carboxylic acids is 1. The molecule has 0 saturated carbocycles. The van der Waals surface area contributed by atoms with Crippen molar-refractivity contribution in [3.05, 3.63) is 59.8 Å². The van der Waals surface area contributed by atoms with E-state index in [0.717, 1.165) is 41.7 Å². The molecule has 156 valence electrons. The average Bonchev–Trinajstić information content (AvgIpc) is 3.27. The Bertz CT molecular complexity index is 1010. The van der Waals surface area contributed by atoms with Gasteiger partial charge in [-0.05, 0) is 44.0 Å². The molecule has 3 N–H and O–H groups in total. The summed E-state index contributed by atoms with van der Waals surface area (Å²) in [6, 6.07) is 8.69. The molecule has 1 aliphatic heterocycles. The Morgan fingerprint density at radius 1 is 1.23 bits per heavy atom. The third-order valence-corrected chi connectivity index (χ3v) is 6.51. The molecule has 1 fully saturated rings. The first-order valence-electron chi connectivity index (χ1n) is 9.58. The van der Waals surface area contributed by atoms with Crippen LogP contribution in [0.3, 0.4) is 0 Å². The number of anilines is 2. The number of halogens is 1. The van der Waals surface area contributed by atoms with E-state index in [9.17, 15) is 4.79 Å². The molecule has 1 saturated heterocycles. The van der Waals surface area contributed by atoms with Gasteiger partial charge in [0.25, 0.3) is 5.91 Å². The van der Waals surface area contributed by atoms with Crippen molar-refractivity contribution in [2.24, 2.45) is 5.73 Å². The number of furan rings is 1. The van der Waals surface area contributed by atoms with Gasteiger partial charge in [-0.25, -0.2) is 9.97 Å². The van der Waals surface area contributed by atoms with Gasteiger partial charge in [-0.15, -0.1) is 0 Å². The maximum absolute atomic E-state index is 12.2. The molecule has 0 atom stereocenters. The number of amides is 1. The minimum Gasteiger partial charge on any atom is -0.459 e. The van der Waals surface area contributed by atoms with Crippen molar-refractivity contribution >= 4 is 40.8 Å². The lowest BCUT2D eigenvalue weighted by atomic mass is 9.91. The van der Waals surface area contributed by atoms with Crippen LogP contribution in [-0.2, 0) is 0 Å². The molecular formula is C21H22ClN5O2S. The number of rotatable bonds is 5. The molecule has 1 amide bonds. The highest BCUT2D eigenvalue weighted by atomic mass is 35.5. The van der Waals surface area contributed by atoms with Crippen molar-refractivity contribution in [1.82, 2.24) is 9.97 Å². The Kier molecular flexibility index (Phi) is 5.99. The third-order valence-electron chi connectivity index (χ3n) is 5.02. The molecule has 0 aliphatic carbocycles. The van der Waals surface area contributed by atoms with Crippen LogP contribution in [0.25, 0.3) is 0 Å². The van der Waals surface area contributed by atoms with Gasteiger partial charge in [0.2, 0.25) is 0 Å². The van der Waals surface area contributed by atoms with Gasteiger partial charge in [0.1, 0.15) is 10.8 Å². The normalized spacial score (nSPS) is 15.8. The number of piperidine rings is 1. The number of nitrogens with one attached hydrogen (secondary N) is 1. The number of nitrogens with zero attached hydrogens (tertiary/aromatic N) is 3. The van der Waals surface area contributed by atoms with Crippen molar-refractivity contribution < 1.29 is 9.21 Å². The zero-order valence-electron chi connectivity index (χ0n) is 16.5. The van der Waals surface area contributed by atoms with E-state index in [1.807, 2.05) is 12.1 Å². The Labute approximate surface area is 184 Å². The van der Waals surface area contributed by atoms with E-state index < -0.39 is 0 Å². The van der Waals surface area contributed by atoms with E-state index in [-0.39, 0.29) is 17.2 Å². The van der Waals surface area contributed by atoms with E-state index in [2.05, 4.69) is 27.1 Å². The van der Waals surface area contributed by atoms with Crippen LogP contribution in [0.15, 0.2) is 63.3 Å². The van der Waals surface area contributed by atoms with Crippen molar-refractivity contribution in [3.63, 3.8) is 0 Å². The van der Waals surface area contributed by atoms with Crippen LogP contribution in [0.2, 0.25) is 5.02 Å². The van der Waals surface area contributed by atoms with E-state index in [4.69, 9.17) is 21.8 Å². The van der Waals surface area contributed by atoms with Crippen LogP contribution in [-0.4, -0.2) is 34.5 Å². The zero-order chi connectivity index (χ0) is 21.1. The topological polar surface area (TPSA) is 97.3 Å². The Morgan fingerprint density at radius 2 is 2.03 bits per heavy atom. The second-order valence-corrected chi connectivity index (χ2v) is 8.95. The molecule has 3 heterocycles. The average molecular weight is 444 g/mol. The quantitative estimate of drug-likeness (QED) is 0.601. The fourth-order valence-electron chi connectivity index (χ4n) is 3.16. The zero-order valence-corrected chi connectivity index (χ0v) is 18.0. The van der Waals surface area contributed by atoms with Crippen LogP contribution < -0.4 is 16.0 Å². The predicted molar refractivity (Wildman–Crippen MR) is 118 cm³/mol. The lowest BCUT2D eigenvalue weighted by Crippen LogP contribution is -2.48. The number of nitrogens with two attached hydrogens (primary N) is 1. The molecule has 1 aliphatic rings. The first kappa shape index (κ1) is 20.7. The molecule has 0 bridgehead atoms. The highest BCUT2D eigenvalue weighted by Crippen LogP contribution is 2.37. The monoisotopic (exact) mass is 443 g/mol. The summed E-state index contributed by atoms with van der Waals surface area (Å²) in [4.78, 5) is 24.3. The van der Waals surface area contributed by atoms with Crippen molar-refractivity contribution in [1.29, 1.82) is 0 Å². The molecule has 30 heavy (non-hydrogen) atoms. The second kappa shape index (κ2) is 8.67. The molecule has 7 nitrogen and oxygen atoms in total. The number of aromatic nitrogens is 2. The van der Waals surface area contributed by atoms with Gasteiger partial charge >= 0.3 is 0 Å².